The molecule has 4 nitrogen and oxygen atoms in total. The maximum atomic E-state index is 11.5. The molecule has 3 rings (SSSR count). The number of fused-ring (bicyclic) bond motifs is 1. The first-order valence-electron chi connectivity index (χ1n) is 8.19. The van der Waals surface area contributed by atoms with E-state index in [-0.39, 0.29) is 0 Å². The van der Waals surface area contributed by atoms with Crippen molar-refractivity contribution in [2.45, 2.75) is 39.7 Å². The Hall–Kier alpha value is -1.81. The van der Waals surface area contributed by atoms with Crippen LogP contribution in [0.25, 0.3) is 10.9 Å². The van der Waals surface area contributed by atoms with Crippen LogP contribution in [-0.4, -0.2) is 40.2 Å². The van der Waals surface area contributed by atoms with Crippen molar-refractivity contribution in [2.24, 2.45) is 0 Å². The lowest BCUT2D eigenvalue weighted by molar-refractivity contribution is 0.0698. The fourth-order valence-corrected chi connectivity index (χ4v) is 3.76. The zero-order valence-electron chi connectivity index (χ0n) is 13.4. The van der Waals surface area contributed by atoms with Crippen LogP contribution in [0.4, 0.5) is 0 Å². The molecule has 0 bridgehead atoms. The van der Waals surface area contributed by atoms with Gasteiger partial charge in [0.2, 0.25) is 0 Å². The van der Waals surface area contributed by atoms with Crippen molar-refractivity contribution in [1.82, 2.24) is 9.47 Å². The summed E-state index contributed by atoms with van der Waals surface area (Å²) in [6.07, 6.45) is 3.61. The third-order valence-electron chi connectivity index (χ3n) is 4.90. The zero-order valence-corrected chi connectivity index (χ0v) is 13.4. The number of carboxylic acid groups (broad SMARTS) is 1. The lowest BCUT2D eigenvalue weighted by Crippen LogP contribution is -2.22. The van der Waals surface area contributed by atoms with Crippen molar-refractivity contribution in [2.75, 3.05) is 19.6 Å². The van der Waals surface area contributed by atoms with E-state index in [1.165, 1.54) is 37.2 Å². The van der Waals surface area contributed by atoms with Gasteiger partial charge in [-0.1, -0.05) is 12.1 Å². The molecule has 1 aliphatic heterocycles. The summed E-state index contributed by atoms with van der Waals surface area (Å²) in [6, 6.07) is 5.64. The number of carboxylic acids is 1. The lowest BCUT2D eigenvalue weighted by atomic mass is 10.1. The van der Waals surface area contributed by atoms with E-state index in [2.05, 4.69) is 29.4 Å². The van der Waals surface area contributed by atoms with E-state index in [1.807, 2.05) is 6.07 Å². The molecule has 1 saturated heterocycles. The molecule has 0 unspecified atom stereocenters. The summed E-state index contributed by atoms with van der Waals surface area (Å²) in [4.78, 5) is 14.1. The summed E-state index contributed by atoms with van der Waals surface area (Å²) in [5.74, 6) is -0.844. The molecule has 118 valence electrons. The van der Waals surface area contributed by atoms with Crippen LogP contribution in [0.3, 0.4) is 0 Å². The number of hydrogen-bond acceptors (Lipinski definition) is 2. The van der Waals surface area contributed by atoms with Gasteiger partial charge in [-0.25, -0.2) is 4.79 Å². The molecule has 2 aromatic rings. The predicted molar refractivity (Wildman–Crippen MR) is 88.7 cm³/mol. The van der Waals surface area contributed by atoms with Crippen molar-refractivity contribution in [1.29, 1.82) is 0 Å². The van der Waals surface area contributed by atoms with Gasteiger partial charge in [0.1, 0.15) is 0 Å². The number of benzene rings is 1. The highest BCUT2D eigenvalue weighted by atomic mass is 16.4. The minimum Gasteiger partial charge on any atom is -0.478 e. The highest BCUT2D eigenvalue weighted by molar-refractivity contribution is 6.03. The minimum atomic E-state index is -0.844. The van der Waals surface area contributed by atoms with Crippen LogP contribution in [0.1, 0.15) is 41.4 Å². The summed E-state index contributed by atoms with van der Waals surface area (Å²) >= 11 is 0. The van der Waals surface area contributed by atoms with E-state index >= 15 is 0 Å². The van der Waals surface area contributed by atoms with E-state index < -0.39 is 5.97 Å². The van der Waals surface area contributed by atoms with Gasteiger partial charge in [0.05, 0.1) is 11.1 Å². The lowest BCUT2D eigenvalue weighted by Gasteiger charge is -2.14. The van der Waals surface area contributed by atoms with Gasteiger partial charge in [-0.3, -0.25) is 0 Å². The van der Waals surface area contributed by atoms with Gasteiger partial charge in [-0.2, -0.15) is 0 Å². The SMILES string of the molecule is CCn1c(C)c(CCN2CCCC2)c2cccc(C(=O)O)c21. The number of aryl methyl sites for hydroxylation is 1. The third kappa shape index (κ3) is 2.52. The van der Waals surface area contributed by atoms with E-state index in [4.69, 9.17) is 0 Å². The van der Waals surface area contributed by atoms with Crippen LogP contribution < -0.4 is 0 Å². The summed E-state index contributed by atoms with van der Waals surface area (Å²) in [5, 5.41) is 10.6. The summed E-state index contributed by atoms with van der Waals surface area (Å²) in [6.45, 7) is 8.47. The molecule has 1 N–H and O–H groups in total. The molecule has 1 aromatic carbocycles. The van der Waals surface area contributed by atoms with E-state index in [1.54, 1.807) is 6.07 Å². The molecule has 22 heavy (non-hydrogen) atoms. The highest BCUT2D eigenvalue weighted by Gasteiger charge is 2.20. The van der Waals surface area contributed by atoms with Crippen molar-refractivity contribution in [3.63, 3.8) is 0 Å². The molecular formula is C18H24N2O2. The van der Waals surface area contributed by atoms with Crippen LogP contribution in [0.15, 0.2) is 18.2 Å². The second kappa shape index (κ2) is 6.13. The van der Waals surface area contributed by atoms with Gasteiger partial charge in [0, 0.05) is 24.2 Å². The van der Waals surface area contributed by atoms with Crippen LogP contribution >= 0.6 is 0 Å². The fourth-order valence-electron chi connectivity index (χ4n) is 3.76. The Balaban J connectivity index is 2.03. The number of nitrogens with zero attached hydrogens (tertiary/aromatic N) is 2. The molecule has 0 spiro atoms. The number of para-hydroxylation sites is 1. The molecule has 0 atom stereocenters. The summed E-state index contributed by atoms with van der Waals surface area (Å²) in [7, 11) is 0. The van der Waals surface area contributed by atoms with Crippen molar-refractivity contribution in [3.8, 4) is 0 Å². The van der Waals surface area contributed by atoms with Gasteiger partial charge in [-0.15, -0.1) is 0 Å². The Morgan fingerprint density at radius 3 is 2.64 bits per heavy atom. The molecule has 0 aliphatic carbocycles. The normalized spacial score (nSPS) is 15.7. The first-order valence-corrected chi connectivity index (χ1v) is 8.19. The largest absolute Gasteiger partial charge is 0.478 e. The number of aromatic carboxylic acids is 1. The molecule has 0 saturated carbocycles. The van der Waals surface area contributed by atoms with Gasteiger partial charge in [-0.05, 0) is 57.8 Å². The van der Waals surface area contributed by atoms with Crippen molar-refractivity contribution >= 4 is 16.9 Å². The Morgan fingerprint density at radius 2 is 2.00 bits per heavy atom. The maximum Gasteiger partial charge on any atom is 0.337 e. The first kappa shape index (κ1) is 15.1. The Kier molecular flexibility index (Phi) is 4.21. The van der Waals surface area contributed by atoms with Crippen molar-refractivity contribution < 1.29 is 9.90 Å². The second-order valence-electron chi connectivity index (χ2n) is 6.11. The Morgan fingerprint density at radius 1 is 1.27 bits per heavy atom. The predicted octanol–water partition coefficient (Wildman–Crippen LogP) is 3.31. The standard InChI is InChI=1S/C18H24N2O2/c1-3-20-13(2)14(9-12-19-10-4-5-11-19)15-7-6-8-16(17(15)20)18(21)22/h6-8H,3-5,9-12H2,1-2H3,(H,21,22). The van der Waals surface area contributed by atoms with Gasteiger partial charge >= 0.3 is 5.97 Å². The average molecular weight is 300 g/mol. The van der Waals surface area contributed by atoms with Gasteiger partial charge in [0.25, 0.3) is 0 Å². The third-order valence-corrected chi connectivity index (χ3v) is 4.90. The van der Waals surface area contributed by atoms with E-state index in [0.717, 1.165) is 30.4 Å². The molecular weight excluding hydrogens is 276 g/mol. The molecule has 1 fully saturated rings. The molecule has 4 heteroatoms. The quantitative estimate of drug-likeness (QED) is 0.921. The topological polar surface area (TPSA) is 45.5 Å². The number of rotatable bonds is 5. The molecule has 0 radical (unpaired) electrons. The number of carbonyl (C=O) groups is 1. The average Bonchev–Trinajstić information content (AvgIpc) is 3.10. The van der Waals surface area contributed by atoms with E-state index in [0.29, 0.717) is 5.56 Å². The smallest absolute Gasteiger partial charge is 0.337 e. The maximum absolute atomic E-state index is 11.5. The zero-order chi connectivity index (χ0) is 15.7. The van der Waals surface area contributed by atoms with Crippen LogP contribution in [0, 0.1) is 6.92 Å². The highest BCUT2D eigenvalue weighted by Crippen LogP contribution is 2.29. The molecule has 2 heterocycles. The van der Waals surface area contributed by atoms with Crippen LogP contribution in [-0.2, 0) is 13.0 Å². The summed E-state index contributed by atoms with van der Waals surface area (Å²) < 4.78 is 2.15. The fraction of sp³-hybridized carbons (Fsp3) is 0.500. The molecule has 1 aliphatic rings. The Bertz CT molecular complexity index is 697. The molecule has 0 amide bonds. The minimum absolute atomic E-state index is 0.412. The molecule has 1 aromatic heterocycles. The van der Waals surface area contributed by atoms with E-state index in [9.17, 15) is 9.90 Å². The second-order valence-corrected chi connectivity index (χ2v) is 6.11. The number of aromatic nitrogens is 1. The number of hydrogen-bond donors (Lipinski definition) is 1. The van der Waals surface area contributed by atoms with Gasteiger partial charge < -0.3 is 14.6 Å². The Labute approximate surface area is 131 Å². The van der Waals surface area contributed by atoms with Crippen LogP contribution in [0.5, 0.6) is 0 Å². The number of likely N-dealkylation sites (tertiary alicyclic amines) is 1. The first-order chi connectivity index (χ1) is 10.6. The summed E-state index contributed by atoms with van der Waals surface area (Å²) in [5.41, 5.74) is 3.82. The van der Waals surface area contributed by atoms with Crippen LogP contribution in [0.2, 0.25) is 0 Å². The van der Waals surface area contributed by atoms with Gasteiger partial charge in [0.15, 0.2) is 0 Å². The van der Waals surface area contributed by atoms with Crippen molar-refractivity contribution in [3.05, 3.63) is 35.0 Å². The monoisotopic (exact) mass is 300 g/mol.